The zero-order valence-corrected chi connectivity index (χ0v) is 21.9. The number of esters is 1. The Labute approximate surface area is 233 Å². The van der Waals surface area contributed by atoms with Gasteiger partial charge < -0.3 is 18.9 Å². The molecule has 1 aliphatic carbocycles. The van der Waals surface area contributed by atoms with E-state index in [1.807, 2.05) is 25.1 Å². The Bertz CT molecular complexity index is 1730. The number of carbonyl (C=O) groups is 3. The number of nitro benzene ring substituents is 1. The number of hydrogen-bond donors (Lipinski definition) is 0. The first-order valence-electron chi connectivity index (χ1n) is 12.9. The number of nitro groups is 1. The van der Waals surface area contributed by atoms with Crippen molar-refractivity contribution in [2.75, 3.05) is 18.8 Å². The Balaban J connectivity index is 1.42. The fourth-order valence-corrected chi connectivity index (χ4v) is 6.32. The molecule has 1 saturated heterocycles. The first kappa shape index (κ1) is 24.8. The number of fused-ring (bicyclic) bond motifs is 6. The fraction of sp³-hybridized carbons (Fsp3) is 0.233. The maximum atomic E-state index is 14.2. The molecule has 0 N–H and O–H groups in total. The van der Waals surface area contributed by atoms with Crippen LogP contribution in [0.5, 0.6) is 23.0 Å². The van der Waals surface area contributed by atoms with E-state index >= 15 is 0 Å². The second kappa shape index (κ2) is 8.91. The van der Waals surface area contributed by atoms with Crippen LogP contribution in [0.2, 0.25) is 0 Å². The first-order chi connectivity index (χ1) is 19.8. The second-order valence-electron chi connectivity index (χ2n) is 10.3. The molecule has 11 nitrogen and oxygen atoms in total. The van der Waals surface area contributed by atoms with E-state index < -0.39 is 52.1 Å². The topological polar surface area (TPSA) is 135 Å². The van der Waals surface area contributed by atoms with E-state index in [0.29, 0.717) is 33.9 Å². The van der Waals surface area contributed by atoms with Crippen LogP contribution < -0.4 is 23.8 Å². The van der Waals surface area contributed by atoms with Crippen molar-refractivity contribution in [3.63, 3.8) is 0 Å². The normalized spacial score (nSPS) is 23.8. The van der Waals surface area contributed by atoms with Gasteiger partial charge in [0, 0.05) is 11.5 Å². The summed E-state index contributed by atoms with van der Waals surface area (Å²) in [5, 5.41) is 12.0. The van der Waals surface area contributed by atoms with Crippen LogP contribution in [0.1, 0.15) is 22.6 Å². The lowest BCUT2D eigenvalue weighted by molar-refractivity contribution is -0.384. The molecule has 3 aromatic rings. The molecule has 4 aliphatic rings. The number of anilines is 1. The number of methoxy groups -OCH3 is 1. The number of nitrogens with zero attached hydrogens (tertiary/aromatic N) is 2. The van der Waals surface area contributed by atoms with Crippen LogP contribution >= 0.6 is 0 Å². The summed E-state index contributed by atoms with van der Waals surface area (Å²) >= 11 is 0. The third-order valence-electron chi connectivity index (χ3n) is 8.15. The molecule has 0 aromatic heterocycles. The van der Waals surface area contributed by atoms with Crippen molar-refractivity contribution < 1.29 is 38.3 Å². The monoisotopic (exact) mass is 554 g/mol. The van der Waals surface area contributed by atoms with Gasteiger partial charge in [0.2, 0.25) is 18.6 Å². The second-order valence-corrected chi connectivity index (χ2v) is 10.3. The molecule has 41 heavy (non-hydrogen) atoms. The third kappa shape index (κ3) is 3.62. The number of allylic oxidation sites excluding steroid dienone is 1. The van der Waals surface area contributed by atoms with Crippen molar-refractivity contribution in [1.29, 1.82) is 0 Å². The molecule has 11 heteroatoms. The van der Waals surface area contributed by atoms with Crippen LogP contribution in [0.3, 0.4) is 0 Å². The summed E-state index contributed by atoms with van der Waals surface area (Å²) in [5.74, 6) is -4.28. The SMILES string of the molecule is COc1ccc(N2C(=O)[C@@H]3[C@@H]4C(=O)Oc5cc(C)ccc5C4=C[C@H](c4ccc5c(c4)OCO5)[C@H]3C2=O)c([N+](=O)[O-])c1. The maximum Gasteiger partial charge on any atom is 0.319 e. The predicted molar refractivity (Wildman–Crippen MR) is 143 cm³/mol. The average molecular weight is 555 g/mol. The van der Waals surface area contributed by atoms with Gasteiger partial charge in [-0.2, -0.15) is 0 Å². The van der Waals surface area contributed by atoms with Crippen LogP contribution in [0, 0.1) is 34.8 Å². The Hall–Kier alpha value is -5.19. The van der Waals surface area contributed by atoms with Crippen LogP contribution in [0.25, 0.3) is 5.57 Å². The van der Waals surface area contributed by atoms with Crippen molar-refractivity contribution in [2.45, 2.75) is 12.8 Å². The van der Waals surface area contributed by atoms with Crippen molar-refractivity contribution in [1.82, 2.24) is 0 Å². The zero-order chi connectivity index (χ0) is 28.6. The van der Waals surface area contributed by atoms with Gasteiger partial charge in [-0.3, -0.25) is 24.5 Å². The van der Waals surface area contributed by atoms with E-state index in [0.717, 1.165) is 16.5 Å². The number of benzene rings is 3. The van der Waals surface area contributed by atoms with E-state index in [2.05, 4.69) is 0 Å². The summed E-state index contributed by atoms with van der Waals surface area (Å²) < 4.78 is 21.8. The molecule has 0 spiro atoms. The number of amides is 2. The molecular formula is C30H22N2O9. The summed E-state index contributed by atoms with van der Waals surface area (Å²) in [5.41, 5.74) is 2.14. The molecule has 0 radical (unpaired) electrons. The highest BCUT2D eigenvalue weighted by Gasteiger charge is 2.61. The molecule has 4 atom stereocenters. The lowest BCUT2D eigenvalue weighted by atomic mass is 9.64. The molecule has 0 saturated carbocycles. The Morgan fingerprint density at radius 1 is 0.927 bits per heavy atom. The van der Waals surface area contributed by atoms with E-state index in [1.165, 1.54) is 19.2 Å². The Morgan fingerprint density at radius 2 is 1.71 bits per heavy atom. The van der Waals surface area contributed by atoms with Crippen LogP contribution in [-0.2, 0) is 14.4 Å². The van der Waals surface area contributed by atoms with Crippen molar-refractivity contribution >= 4 is 34.7 Å². The number of ether oxygens (including phenoxy) is 4. The minimum atomic E-state index is -1.15. The summed E-state index contributed by atoms with van der Waals surface area (Å²) in [6, 6.07) is 14.7. The summed E-state index contributed by atoms with van der Waals surface area (Å²) in [6.07, 6.45) is 1.84. The fourth-order valence-electron chi connectivity index (χ4n) is 6.32. The highest BCUT2D eigenvalue weighted by molar-refractivity contribution is 6.25. The third-order valence-corrected chi connectivity index (χ3v) is 8.15. The molecule has 0 unspecified atom stereocenters. The van der Waals surface area contributed by atoms with Gasteiger partial charge in [0.25, 0.3) is 5.69 Å². The smallest absolute Gasteiger partial charge is 0.319 e. The van der Waals surface area contributed by atoms with Crippen LogP contribution in [-0.4, -0.2) is 36.6 Å². The lowest BCUT2D eigenvalue weighted by Gasteiger charge is -2.38. The largest absolute Gasteiger partial charge is 0.496 e. The molecule has 3 heterocycles. The van der Waals surface area contributed by atoms with Crippen molar-refractivity contribution in [3.8, 4) is 23.0 Å². The number of rotatable bonds is 4. The molecule has 7 rings (SSSR count). The molecule has 1 fully saturated rings. The summed E-state index contributed by atoms with van der Waals surface area (Å²) in [7, 11) is 1.36. The minimum absolute atomic E-state index is 0.0591. The first-order valence-corrected chi connectivity index (χ1v) is 12.9. The van der Waals surface area contributed by atoms with E-state index in [4.69, 9.17) is 18.9 Å². The Kier molecular flexibility index (Phi) is 5.40. The van der Waals surface area contributed by atoms with E-state index in [-0.39, 0.29) is 18.2 Å². The number of hydrogen-bond acceptors (Lipinski definition) is 9. The number of carbonyl (C=O) groups excluding carboxylic acids is 3. The minimum Gasteiger partial charge on any atom is -0.496 e. The quantitative estimate of drug-likeness (QED) is 0.153. The Morgan fingerprint density at radius 3 is 2.49 bits per heavy atom. The zero-order valence-electron chi connectivity index (χ0n) is 21.9. The predicted octanol–water partition coefficient (Wildman–Crippen LogP) is 4.16. The van der Waals surface area contributed by atoms with Gasteiger partial charge in [-0.1, -0.05) is 24.3 Å². The van der Waals surface area contributed by atoms with Crippen molar-refractivity contribution in [2.24, 2.45) is 17.8 Å². The molecule has 0 bridgehead atoms. The van der Waals surface area contributed by atoms with Gasteiger partial charge in [0.15, 0.2) is 11.5 Å². The number of aryl methyl sites for hydroxylation is 1. The lowest BCUT2D eigenvalue weighted by Crippen LogP contribution is -2.42. The number of imide groups is 1. The maximum absolute atomic E-state index is 14.2. The molecule has 2 amide bonds. The van der Waals surface area contributed by atoms with Crippen LogP contribution in [0.15, 0.2) is 60.7 Å². The van der Waals surface area contributed by atoms with E-state index in [9.17, 15) is 24.5 Å². The van der Waals surface area contributed by atoms with Gasteiger partial charge in [-0.05, 0) is 54.0 Å². The van der Waals surface area contributed by atoms with E-state index in [1.54, 1.807) is 24.3 Å². The van der Waals surface area contributed by atoms with Crippen LogP contribution in [0.4, 0.5) is 11.4 Å². The van der Waals surface area contributed by atoms with Gasteiger partial charge in [-0.15, -0.1) is 0 Å². The van der Waals surface area contributed by atoms with Gasteiger partial charge >= 0.3 is 5.97 Å². The standard InChI is InChI=1S/C30H22N2O9/c1-14-3-6-17-19-12-18(15-4-8-22-24(10-15)40-13-39-22)25-27(26(19)30(35)41-23(17)9-14)29(34)31(28(25)33)20-7-5-16(38-2)11-21(20)32(36)37/h3-12,18,25-27H,13H2,1-2H3/t18-,25-,26-,27+/m1/s1. The molecule has 3 aliphatic heterocycles. The summed E-state index contributed by atoms with van der Waals surface area (Å²) in [6.45, 7) is 1.93. The highest BCUT2D eigenvalue weighted by Crippen LogP contribution is 2.56. The highest BCUT2D eigenvalue weighted by atomic mass is 16.7. The molecule has 206 valence electrons. The summed E-state index contributed by atoms with van der Waals surface area (Å²) in [4.78, 5) is 54.0. The van der Waals surface area contributed by atoms with Gasteiger partial charge in [0.1, 0.15) is 17.2 Å². The van der Waals surface area contributed by atoms with Gasteiger partial charge in [-0.25, -0.2) is 4.90 Å². The molecule has 3 aromatic carbocycles. The van der Waals surface area contributed by atoms with Crippen molar-refractivity contribution in [3.05, 3.63) is 87.5 Å². The average Bonchev–Trinajstić information content (AvgIpc) is 3.53. The molecular weight excluding hydrogens is 532 g/mol. The van der Waals surface area contributed by atoms with Gasteiger partial charge in [0.05, 0.1) is 35.9 Å².